The summed E-state index contributed by atoms with van der Waals surface area (Å²) in [6.45, 7) is 1.92. The number of aromatic nitrogens is 1. The Bertz CT molecular complexity index is 833. The number of thiazole rings is 1. The first-order valence-electron chi connectivity index (χ1n) is 6.93. The summed E-state index contributed by atoms with van der Waals surface area (Å²) < 4.78 is 0. The zero-order valence-corrected chi connectivity index (χ0v) is 12.9. The van der Waals surface area contributed by atoms with Crippen LogP contribution in [0.1, 0.15) is 16.3 Å². The normalized spacial score (nSPS) is 11.1. The van der Waals surface area contributed by atoms with Gasteiger partial charge in [-0.2, -0.15) is 5.10 Å². The van der Waals surface area contributed by atoms with Gasteiger partial charge < -0.3 is 0 Å². The van der Waals surface area contributed by atoms with Gasteiger partial charge in [0, 0.05) is 10.9 Å². The van der Waals surface area contributed by atoms with E-state index in [1.807, 2.05) is 42.6 Å². The van der Waals surface area contributed by atoms with E-state index in [2.05, 4.69) is 27.6 Å². The van der Waals surface area contributed by atoms with Crippen molar-refractivity contribution < 1.29 is 4.79 Å². The van der Waals surface area contributed by atoms with E-state index in [9.17, 15) is 4.79 Å². The number of hydrazone groups is 1. The molecule has 0 atom stereocenters. The highest BCUT2D eigenvalue weighted by atomic mass is 32.1. The molecule has 2 aromatic carbocycles. The van der Waals surface area contributed by atoms with Crippen molar-refractivity contribution in [3.8, 4) is 0 Å². The SMILES string of the molecule is Cc1nc(CC(=O)N/N=C\c2cccc3ccccc23)cs1. The lowest BCUT2D eigenvalue weighted by molar-refractivity contribution is -0.120. The molecule has 4 nitrogen and oxygen atoms in total. The lowest BCUT2D eigenvalue weighted by Gasteiger charge is -2.01. The Morgan fingerprint density at radius 2 is 2.09 bits per heavy atom. The molecule has 0 radical (unpaired) electrons. The first kappa shape index (κ1) is 14.4. The third-order valence-electron chi connectivity index (χ3n) is 3.22. The number of benzene rings is 2. The molecule has 22 heavy (non-hydrogen) atoms. The van der Waals surface area contributed by atoms with Crippen molar-refractivity contribution in [1.82, 2.24) is 10.4 Å². The highest BCUT2D eigenvalue weighted by molar-refractivity contribution is 7.09. The van der Waals surface area contributed by atoms with Crippen LogP contribution in [0.4, 0.5) is 0 Å². The van der Waals surface area contributed by atoms with Crippen molar-refractivity contribution >= 4 is 34.2 Å². The second-order valence-electron chi connectivity index (χ2n) is 4.90. The summed E-state index contributed by atoms with van der Waals surface area (Å²) in [5.74, 6) is -0.165. The monoisotopic (exact) mass is 309 g/mol. The predicted molar refractivity (Wildman–Crippen MR) is 90.2 cm³/mol. The van der Waals surface area contributed by atoms with E-state index in [4.69, 9.17) is 0 Å². The minimum absolute atomic E-state index is 0.165. The van der Waals surface area contributed by atoms with E-state index in [0.717, 1.165) is 27.0 Å². The third kappa shape index (κ3) is 3.38. The Kier molecular flexibility index (Phi) is 4.25. The maximum Gasteiger partial charge on any atom is 0.246 e. The number of nitrogens with zero attached hydrogens (tertiary/aromatic N) is 2. The fourth-order valence-electron chi connectivity index (χ4n) is 2.23. The molecule has 0 fully saturated rings. The van der Waals surface area contributed by atoms with E-state index in [-0.39, 0.29) is 12.3 Å². The van der Waals surface area contributed by atoms with E-state index >= 15 is 0 Å². The van der Waals surface area contributed by atoms with Crippen LogP contribution in [0.15, 0.2) is 52.9 Å². The highest BCUT2D eigenvalue weighted by Crippen LogP contribution is 2.16. The molecule has 0 unspecified atom stereocenters. The largest absolute Gasteiger partial charge is 0.273 e. The maximum atomic E-state index is 11.8. The van der Waals surface area contributed by atoms with Gasteiger partial charge in [0.1, 0.15) is 0 Å². The molecule has 3 rings (SSSR count). The number of hydrogen-bond donors (Lipinski definition) is 1. The summed E-state index contributed by atoms with van der Waals surface area (Å²) in [5, 5.41) is 9.16. The minimum Gasteiger partial charge on any atom is -0.273 e. The van der Waals surface area contributed by atoms with Crippen molar-refractivity contribution in [2.45, 2.75) is 13.3 Å². The molecule has 0 saturated carbocycles. The zero-order chi connectivity index (χ0) is 15.4. The van der Waals surface area contributed by atoms with Gasteiger partial charge in [-0.05, 0) is 17.7 Å². The molecule has 1 heterocycles. The van der Waals surface area contributed by atoms with Gasteiger partial charge in [0.15, 0.2) is 0 Å². The summed E-state index contributed by atoms with van der Waals surface area (Å²) in [7, 11) is 0. The smallest absolute Gasteiger partial charge is 0.246 e. The second kappa shape index (κ2) is 6.49. The predicted octanol–water partition coefficient (Wildman–Crippen LogP) is 3.30. The summed E-state index contributed by atoms with van der Waals surface area (Å²) in [6.07, 6.45) is 1.92. The number of hydrogen-bond acceptors (Lipinski definition) is 4. The van der Waals surface area contributed by atoms with Gasteiger partial charge in [0.25, 0.3) is 0 Å². The molecule has 0 aliphatic carbocycles. The number of nitrogens with one attached hydrogen (secondary N) is 1. The Morgan fingerprint density at radius 3 is 2.91 bits per heavy atom. The third-order valence-corrected chi connectivity index (χ3v) is 4.05. The molecule has 0 aliphatic heterocycles. The number of carbonyl (C=O) groups excluding carboxylic acids is 1. The number of amides is 1. The van der Waals surface area contributed by atoms with E-state index in [1.54, 1.807) is 6.21 Å². The lowest BCUT2D eigenvalue weighted by Crippen LogP contribution is -2.19. The van der Waals surface area contributed by atoms with Crippen LogP contribution in [-0.2, 0) is 11.2 Å². The van der Waals surface area contributed by atoms with Crippen molar-refractivity contribution in [2.75, 3.05) is 0 Å². The van der Waals surface area contributed by atoms with Crippen LogP contribution in [0.5, 0.6) is 0 Å². The first-order chi connectivity index (χ1) is 10.7. The molecule has 5 heteroatoms. The van der Waals surface area contributed by atoms with Crippen LogP contribution in [0.2, 0.25) is 0 Å². The Balaban J connectivity index is 1.67. The number of carbonyl (C=O) groups is 1. The molecule has 110 valence electrons. The van der Waals surface area contributed by atoms with Crippen molar-refractivity contribution in [3.05, 3.63) is 64.1 Å². The molecule has 0 spiro atoms. The standard InChI is InChI=1S/C17H15N3OS/c1-12-19-15(11-22-12)9-17(21)20-18-10-14-7-4-6-13-5-2-3-8-16(13)14/h2-8,10-11H,9H2,1H3,(H,20,21)/b18-10-. The van der Waals surface area contributed by atoms with Gasteiger partial charge in [-0.25, -0.2) is 10.4 Å². The molecule has 0 aliphatic rings. The molecule has 3 aromatic rings. The van der Waals surface area contributed by atoms with Crippen LogP contribution < -0.4 is 5.43 Å². The van der Waals surface area contributed by atoms with Crippen LogP contribution in [0.3, 0.4) is 0 Å². The van der Waals surface area contributed by atoms with Gasteiger partial charge in [-0.1, -0.05) is 42.5 Å². The van der Waals surface area contributed by atoms with E-state index < -0.39 is 0 Å². The van der Waals surface area contributed by atoms with Crippen LogP contribution in [0.25, 0.3) is 10.8 Å². The Morgan fingerprint density at radius 1 is 1.27 bits per heavy atom. The summed E-state index contributed by atoms with van der Waals surface area (Å²) in [5.41, 5.74) is 4.30. The Labute approximate surface area is 132 Å². The lowest BCUT2D eigenvalue weighted by atomic mass is 10.1. The molecule has 1 N–H and O–H groups in total. The quantitative estimate of drug-likeness (QED) is 0.594. The Hall–Kier alpha value is -2.53. The summed E-state index contributed by atoms with van der Waals surface area (Å²) >= 11 is 1.54. The maximum absolute atomic E-state index is 11.8. The number of fused-ring (bicyclic) bond motifs is 1. The number of rotatable bonds is 4. The van der Waals surface area contributed by atoms with E-state index in [0.29, 0.717) is 0 Å². The molecule has 0 bridgehead atoms. The zero-order valence-electron chi connectivity index (χ0n) is 12.1. The van der Waals surface area contributed by atoms with Crippen molar-refractivity contribution in [2.24, 2.45) is 5.10 Å². The fraction of sp³-hybridized carbons (Fsp3) is 0.118. The average molecular weight is 309 g/mol. The van der Waals surface area contributed by atoms with Gasteiger partial charge in [-0.3, -0.25) is 4.79 Å². The molecule has 1 aromatic heterocycles. The van der Waals surface area contributed by atoms with E-state index in [1.165, 1.54) is 11.3 Å². The summed E-state index contributed by atoms with van der Waals surface area (Å²) in [6, 6.07) is 14.1. The van der Waals surface area contributed by atoms with Crippen LogP contribution in [0, 0.1) is 6.92 Å². The van der Waals surface area contributed by atoms with Crippen molar-refractivity contribution in [3.63, 3.8) is 0 Å². The highest BCUT2D eigenvalue weighted by Gasteiger charge is 2.05. The van der Waals surface area contributed by atoms with Crippen molar-refractivity contribution in [1.29, 1.82) is 0 Å². The van der Waals surface area contributed by atoms with Crippen LogP contribution in [-0.4, -0.2) is 17.1 Å². The minimum atomic E-state index is -0.165. The topological polar surface area (TPSA) is 54.4 Å². The van der Waals surface area contributed by atoms with Crippen LogP contribution >= 0.6 is 11.3 Å². The summed E-state index contributed by atoms with van der Waals surface area (Å²) in [4.78, 5) is 16.1. The molecular formula is C17H15N3OS. The fourth-order valence-corrected chi connectivity index (χ4v) is 2.84. The number of aryl methyl sites for hydroxylation is 1. The average Bonchev–Trinajstić information content (AvgIpc) is 2.92. The van der Waals surface area contributed by atoms with Gasteiger partial charge in [0.2, 0.25) is 5.91 Å². The van der Waals surface area contributed by atoms with Gasteiger partial charge in [0.05, 0.1) is 23.3 Å². The molecule has 0 saturated heterocycles. The van der Waals surface area contributed by atoms with Gasteiger partial charge in [-0.15, -0.1) is 11.3 Å². The molecule has 1 amide bonds. The second-order valence-corrected chi connectivity index (χ2v) is 5.96. The first-order valence-corrected chi connectivity index (χ1v) is 7.81. The van der Waals surface area contributed by atoms with Gasteiger partial charge >= 0.3 is 0 Å². The molecular weight excluding hydrogens is 294 g/mol.